The van der Waals surface area contributed by atoms with Gasteiger partial charge in [0.15, 0.2) is 5.60 Å². The van der Waals surface area contributed by atoms with Gasteiger partial charge in [0.25, 0.3) is 0 Å². The van der Waals surface area contributed by atoms with Crippen LogP contribution in [0.2, 0.25) is 0 Å². The van der Waals surface area contributed by atoms with Crippen LogP contribution >= 0.6 is 0 Å². The van der Waals surface area contributed by atoms with Gasteiger partial charge in [0.1, 0.15) is 11.4 Å². The van der Waals surface area contributed by atoms with Crippen molar-refractivity contribution in [2.75, 3.05) is 0 Å². The van der Waals surface area contributed by atoms with E-state index in [4.69, 9.17) is 14.5 Å². The Labute approximate surface area is 175 Å². The van der Waals surface area contributed by atoms with Crippen molar-refractivity contribution in [3.05, 3.63) is 29.8 Å². The predicted octanol–water partition coefficient (Wildman–Crippen LogP) is 6.18. The van der Waals surface area contributed by atoms with Crippen LogP contribution in [0.3, 0.4) is 0 Å². The summed E-state index contributed by atoms with van der Waals surface area (Å²) in [5.41, 5.74) is 0.374. The molecule has 2 bridgehead atoms. The third-order valence-electron chi connectivity index (χ3n) is 8.04. The summed E-state index contributed by atoms with van der Waals surface area (Å²) >= 11 is 0. The van der Waals surface area contributed by atoms with Gasteiger partial charge in [0.2, 0.25) is 0 Å². The molecule has 3 saturated carbocycles. The normalized spacial score (nSPS) is 40.1. The van der Waals surface area contributed by atoms with E-state index in [1.165, 1.54) is 58.3 Å². The Bertz CT molecular complexity index is 746. The summed E-state index contributed by atoms with van der Waals surface area (Å²) in [6.07, 6.45) is 10.6. The molecule has 4 heteroatoms. The quantitative estimate of drug-likeness (QED) is 0.338. The number of esters is 1. The first-order valence-electron chi connectivity index (χ1n) is 11.7. The van der Waals surface area contributed by atoms with Crippen molar-refractivity contribution >= 4 is 5.97 Å². The van der Waals surface area contributed by atoms with Gasteiger partial charge >= 0.3 is 5.97 Å². The van der Waals surface area contributed by atoms with Crippen LogP contribution in [-0.4, -0.2) is 11.6 Å². The fourth-order valence-corrected chi connectivity index (χ4v) is 7.00. The minimum absolute atomic E-state index is 0.224. The summed E-state index contributed by atoms with van der Waals surface area (Å²) in [5.74, 6) is 3.08. The van der Waals surface area contributed by atoms with Gasteiger partial charge in [-0.2, -0.15) is 0 Å². The minimum atomic E-state index is -0.471. The first-order valence-corrected chi connectivity index (χ1v) is 11.7. The van der Waals surface area contributed by atoms with Crippen LogP contribution in [0.15, 0.2) is 24.3 Å². The average molecular weight is 401 g/mol. The van der Waals surface area contributed by atoms with Crippen LogP contribution in [0.5, 0.6) is 5.75 Å². The third-order valence-corrected chi connectivity index (χ3v) is 8.04. The van der Waals surface area contributed by atoms with Gasteiger partial charge in [-0.05, 0) is 74.0 Å². The first kappa shape index (κ1) is 20.9. The Hall–Kier alpha value is -1.39. The van der Waals surface area contributed by atoms with Crippen LogP contribution in [0.1, 0.15) is 84.6 Å². The Morgan fingerprint density at radius 1 is 1.07 bits per heavy atom. The zero-order valence-electron chi connectivity index (χ0n) is 18.4. The summed E-state index contributed by atoms with van der Waals surface area (Å²) in [6.45, 7) is 7.63. The first-order chi connectivity index (χ1) is 14.0. The maximum atomic E-state index is 11.4. The van der Waals surface area contributed by atoms with Crippen LogP contribution in [-0.2, 0) is 20.2 Å². The summed E-state index contributed by atoms with van der Waals surface area (Å²) in [4.78, 5) is 23.5. The van der Waals surface area contributed by atoms with Gasteiger partial charge in [0.05, 0.1) is 0 Å². The van der Waals surface area contributed by atoms with E-state index in [1.54, 1.807) is 0 Å². The molecule has 1 aliphatic heterocycles. The molecule has 6 atom stereocenters. The Morgan fingerprint density at radius 2 is 1.86 bits per heavy atom. The molecule has 1 spiro atoms. The highest BCUT2D eigenvalue weighted by Crippen LogP contribution is 2.67. The standard InChI is InChI=1S/C23H30O4.C2H6/c1-15(24)25-19-10-5-8-17(14-19)22(2)23(27-26-22)18-9-6-12-21(23)20-11-4-3-7-16(20)13-18;1-2/h5,8,10,14,16,18,20-21H,3-4,6-7,9,11-13H2,1-2H3;1-2H3. The molecule has 1 aromatic rings. The molecular formula is C25H36O4. The van der Waals surface area contributed by atoms with Crippen LogP contribution < -0.4 is 4.74 Å². The van der Waals surface area contributed by atoms with Crippen molar-refractivity contribution in [2.45, 2.75) is 90.3 Å². The molecule has 4 aliphatic rings. The molecular weight excluding hydrogens is 364 g/mol. The lowest BCUT2D eigenvalue weighted by Crippen LogP contribution is -2.74. The van der Waals surface area contributed by atoms with Gasteiger partial charge in [0, 0.05) is 6.92 Å². The molecule has 4 nitrogen and oxygen atoms in total. The maximum Gasteiger partial charge on any atom is 0.308 e. The lowest BCUT2D eigenvalue weighted by Gasteiger charge is -2.68. The van der Waals surface area contributed by atoms with E-state index in [-0.39, 0.29) is 11.6 Å². The molecule has 29 heavy (non-hydrogen) atoms. The van der Waals surface area contributed by atoms with E-state index in [0.29, 0.717) is 17.6 Å². The van der Waals surface area contributed by atoms with Crippen molar-refractivity contribution in [1.82, 2.24) is 0 Å². The van der Waals surface area contributed by atoms with Gasteiger partial charge < -0.3 is 4.74 Å². The lowest BCUT2D eigenvalue weighted by molar-refractivity contribution is -0.590. The highest BCUT2D eigenvalue weighted by Gasteiger charge is 2.73. The van der Waals surface area contributed by atoms with Crippen LogP contribution in [0.4, 0.5) is 0 Å². The maximum absolute atomic E-state index is 11.4. The summed E-state index contributed by atoms with van der Waals surface area (Å²) < 4.78 is 5.34. The van der Waals surface area contributed by atoms with E-state index in [1.807, 2.05) is 32.0 Å². The van der Waals surface area contributed by atoms with Crippen molar-refractivity contribution in [1.29, 1.82) is 0 Å². The molecule has 0 aromatic heterocycles. The van der Waals surface area contributed by atoms with E-state index < -0.39 is 5.60 Å². The molecule has 160 valence electrons. The highest BCUT2D eigenvalue weighted by atomic mass is 17.3. The predicted molar refractivity (Wildman–Crippen MR) is 112 cm³/mol. The van der Waals surface area contributed by atoms with E-state index in [2.05, 4.69) is 13.0 Å². The van der Waals surface area contributed by atoms with Crippen LogP contribution in [0.25, 0.3) is 0 Å². The SMILES string of the molecule is CC.CC(=O)Oc1cccc(C2(C)OOC23C2CCCC3C3CCCCC3C2)c1. The van der Waals surface area contributed by atoms with Crippen LogP contribution in [0, 0.1) is 23.7 Å². The Morgan fingerprint density at radius 3 is 2.59 bits per heavy atom. The molecule has 1 aromatic carbocycles. The molecule has 1 heterocycles. The number of benzene rings is 1. The number of rotatable bonds is 2. The smallest absolute Gasteiger partial charge is 0.308 e. The number of hydrogen-bond acceptors (Lipinski definition) is 4. The molecule has 0 N–H and O–H groups in total. The Kier molecular flexibility index (Phi) is 5.78. The molecule has 3 aliphatic carbocycles. The summed E-state index contributed by atoms with van der Waals surface area (Å²) in [7, 11) is 0. The fourth-order valence-electron chi connectivity index (χ4n) is 7.00. The number of carbonyl (C=O) groups is 1. The van der Waals surface area contributed by atoms with Crippen molar-refractivity contribution in [3.63, 3.8) is 0 Å². The number of hydrogen-bond donors (Lipinski definition) is 0. The van der Waals surface area contributed by atoms with Crippen molar-refractivity contribution in [2.24, 2.45) is 23.7 Å². The van der Waals surface area contributed by atoms with E-state index >= 15 is 0 Å². The van der Waals surface area contributed by atoms with Crippen molar-refractivity contribution in [3.8, 4) is 5.75 Å². The largest absolute Gasteiger partial charge is 0.427 e. The molecule has 4 fully saturated rings. The van der Waals surface area contributed by atoms with Gasteiger partial charge in [-0.3, -0.25) is 4.79 Å². The molecule has 5 rings (SSSR count). The highest BCUT2D eigenvalue weighted by molar-refractivity contribution is 5.69. The molecule has 6 unspecified atom stereocenters. The van der Waals surface area contributed by atoms with Crippen molar-refractivity contribution < 1.29 is 19.3 Å². The molecule has 0 amide bonds. The second kappa shape index (κ2) is 8.03. The minimum Gasteiger partial charge on any atom is -0.427 e. The molecule has 1 saturated heterocycles. The monoisotopic (exact) mass is 400 g/mol. The summed E-state index contributed by atoms with van der Waals surface area (Å²) in [5, 5.41) is 0. The van der Waals surface area contributed by atoms with E-state index in [9.17, 15) is 4.79 Å². The lowest BCUT2D eigenvalue weighted by atomic mass is 9.46. The van der Waals surface area contributed by atoms with Gasteiger partial charge in [-0.1, -0.05) is 51.7 Å². The second-order valence-electron chi connectivity index (χ2n) is 9.29. The van der Waals surface area contributed by atoms with Gasteiger partial charge in [-0.25, -0.2) is 9.78 Å². The summed E-state index contributed by atoms with van der Waals surface area (Å²) in [6, 6.07) is 7.85. The zero-order chi connectivity index (χ0) is 20.6. The second-order valence-corrected chi connectivity index (χ2v) is 9.29. The van der Waals surface area contributed by atoms with E-state index in [0.717, 1.165) is 17.4 Å². The molecule has 0 radical (unpaired) electrons. The number of carbonyl (C=O) groups excluding carboxylic acids is 1. The topological polar surface area (TPSA) is 44.8 Å². The Balaban J connectivity index is 0.000000994. The average Bonchev–Trinajstić information content (AvgIpc) is 2.73. The number of fused-ring (bicyclic) bond motifs is 2. The fraction of sp³-hybridized carbons (Fsp3) is 0.720. The number of ether oxygens (including phenoxy) is 1. The van der Waals surface area contributed by atoms with Gasteiger partial charge in [-0.15, -0.1) is 0 Å². The third kappa shape index (κ3) is 3.14. The zero-order valence-corrected chi connectivity index (χ0v) is 18.4.